The number of carbonyl (C=O) groups excluding carboxylic acids is 1. The number of nitrogens with one attached hydrogen (secondary N) is 2. The van der Waals surface area contributed by atoms with Gasteiger partial charge in [0.15, 0.2) is 5.82 Å². The average molecular weight is 390 g/mol. The molecule has 4 aromatic rings. The van der Waals surface area contributed by atoms with Gasteiger partial charge < -0.3 is 5.32 Å². The highest BCUT2D eigenvalue weighted by molar-refractivity contribution is 5.95. The molecule has 10 heteroatoms. The first-order chi connectivity index (χ1) is 14.0. The average Bonchev–Trinajstić information content (AvgIpc) is 3.39. The minimum Gasteiger partial charge on any atom is -0.345 e. The van der Waals surface area contributed by atoms with Crippen molar-refractivity contribution in [2.45, 2.75) is 19.9 Å². The molecule has 1 atom stereocenters. The van der Waals surface area contributed by atoms with Crippen LogP contribution in [0.5, 0.6) is 0 Å². The quantitative estimate of drug-likeness (QED) is 0.530. The van der Waals surface area contributed by atoms with Gasteiger partial charge in [0.05, 0.1) is 29.2 Å². The van der Waals surface area contributed by atoms with Crippen LogP contribution >= 0.6 is 0 Å². The summed E-state index contributed by atoms with van der Waals surface area (Å²) in [6, 6.07) is 10.4. The molecule has 0 aliphatic heterocycles. The molecule has 10 nitrogen and oxygen atoms in total. The molecule has 146 valence electrons. The van der Waals surface area contributed by atoms with E-state index in [1.54, 1.807) is 24.0 Å². The molecule has 1 unspecified atom stereocenters. The fourth-order valence-corrected chi connectivity index (χ4v) is 2.93. The lowest BCUT2D eigenvalue weighted by Gasteiger charge is -2.15. The lowest BCUT2D eigenvalue weighted by atomic mass is 10.1. The Kier molecular flexibility index (Phi) is 4.73. The summed E-state index contributed by atoms with van der Waals surface area (Å²) in [6.45, 7) is 3.68. The van der Waals surface area contributed by atoms with Crippen LogP contribution in [-0.4, -0.2) is 40.6 Å². The zero-order valence-corrected chi connectivity index (χ0v) is 15.8. The van der Waals surface area contributed by atoms with Crippen LogP contribution in [0.15, 0.2) is 60.0 Å². The molecule has 3 heterocycles. The highest BCUT2D eigenvalue weighted by Crippen LogP contribution is 2.17. The van der Waals surface area contributed by atoms with Crippen molar-refractivity contribution in [3.63, 3.8) is 0 Å². The van der Waals surface area contributed by atoms with E-state index in [1.165, 1.54) is 23.3 Å². The molecule has 0 aliphatic carbocycles. The fraction of sp³-hybridized carbons (Fsp3) is 0.158. The standard InChI is InChI=1S/C19H18N8O2/c1-12(14-3-5-15(6-4-14)26-11-20-10-22-26)23-19(29)16-9-21-27(13(16)2)17-7-8-18(28)25-24-17/h3-12H,1-2H3,(H,23,29)(H,25,28). The van der Waals surface area contributed by atoms with Gasteiger partial charge in [-0.15, -0.1) is 0 Å². The van der Waals surface area contributed by atoms with Crippen LogP contribution < -0.4 is 10.9 Å². The van der Waals surface area contributed by atoms with E-state index in [9.17, 15) is 9.59 Å². The van der Waals surface area contributed by atoms with E-state index in [0.29, 0.717) is 17.1 Å². The van der Waals surface area contributed by atoms with Gasteiger partial charge in [0.25, 0.3) is 11.5 Å². The largest absolute Gasteiger partial charge is 0.345 e. The molecule has 0 saturated carbocycles. The maximum absolute atomic E-state index is 12.7. The van der Waals surface area contributed by atoms with E-state index in [0.717, 1.165) is 11.3 Å². The topological polar surface area (TPSA) is 123 Å². The van der Waals surface area contributed by atoms with Crippen molar-refractivity contribution in [3.8, 4) is 11.5 Å². The van der Waals surface area contributed by atoms with Gasteiger partial charge in [-0.3, -0.25) is 9.59 Å². The second kappa shape index (κ2) is 7.50. The summed E-state index contributed by atoms with van der Waals surface area (Å²) in [5, 5.41) is 17.6. The number of nitrogens with zero attached hydrogens (tertiary/aromatic N) is 6. The van der Waals surface area contributed by atoms with Crippen molar-refractivity contribution < 1.29 is 4.79 Å². The smallest absolute Gasteiger partial charge is 0.264 e. The Morgan fingerprint density at radius 3 is 2.59 bits per heavy atom. The normalized spacial score (nSPS) is 11.9. The summed E-state index contributed by atoms with van der Waals surface area (Å²) >= 11 is 0. The van der Waals surface area contributed by atoms with Crippen LogP contribution in [0.3, 0.4) is 0 Å². The summed E-state index contributed by atoms with van der Waals surface area (Å²) in [5.41, 5.74) is 2.59. The Balaban J connectivity index is 1.49. The predicted molar refractivity (Wildman–Crippen MR) is 104 cm³/mol. The van der Waals surface area contributed by atoms with Crippen molar-refractivity contribution in [2.75, 3.05) is 0 Å². The molecule has 1 aromatic carbocycles. The maximum atomic E-state index is 12.7. The van der Waals surface area contributed by atoms with Gasteiger partial charge in [-0.05, 0) is 37.6 Å². The van der Waals surface area contributed by atoms with Gasteiger partial charge in [0, 0.05) is 6.07 Å². The first-order valence-electron chi connectivity index (χ1n) is 8.89. The number of hydrogen-bond acceptors (Lipinski definition) is 6. The molecule has 0 aliphatic rings. The summed E-state index contributed by atoms with van der Waals surface area (Å²) in [4.78, 5) is 27.8. The number of H-pyrrole nitrogens is 1. The van der Waals surface area contributed by atoms with Gasteiger partial charge in [0.1, 0.15) is 12.7 Å². The lowest BCUT2D eigenvalue weighted by molar-refractivity contribution is 0.0939. The molecule has 29 heavy (non-hydrogen) atoms. The Hall–Kier alpha value is -4.08. The zero-order valence-electron chi connectivity index (χ0n) is 15.8. The highest BCUT2D eigenvalue weighted by Gasteiger charge is 2.18. The van der Waals surface area contributed by atoms with E-state index in [2.05, 4.69) is 30.7 Å². The molecule has 0 radical (unpaired) electrons. The second-order valence-electron chi connectivity index (χ2n) is 6.46. The van der Waals surface area contributed by atoms with E-state index >= 15 is 0 Å². The summed E-state index contributed by atoms with van der Waals surface area (Å²) in [5.74, 6) is 0.184. The van der Waals surface area contributed by atoms with Gasteiger partial charge in [-0.1, -0.05) is 12.1 Å². The Morgan fingerprint density at radius 2 is 1.93 bits per heavy atom. The first-order valence-corrected chi connectivity index (χ1v) is 8.89. The van der Waals surface area contributed by atoms with E-state index in [-0.39, 0.29) is 17.5 Å². The number of hydrogen-bond donors (Lipinski definition) is 2. The van der Waals surface area contributed by atoms with Crippen LogP contribution in [0.4, 0.5) is 0 Å². The fourth-order valence-electron chi connectivity index (χ4n) is 2.93. The van der Waals surface area contributed by atoms with Crippen molar-refractivity contribution in [1.29, 1.82) is 0 Å². The molecule has 4 rings (SSSR count). The summed E-state index contributed by atoms with van der Waals surface area (Å²) < 4.78 is 3.16. The molecular formula is C19H18N8O2. The molecule has 1 amide bonds. The van der Waals surface area contributed by atoms with Crippen LogP contribution in [-0.2, 0) is 0 Å². The van der Waals surface area contributed by atoms with E-state index in [4.69, 9.17) is 0 Å². The van der Waals surface area contributed by atoms with Crippen LogP contribution in [0.1, 0.15) is 34.6 Å². The number of aromatic amines is 1. The van der Waals surface area contributed by atoms with Crippen LogP contribution in [0.25, 0.3) is 11.5 Å². The number of benzene rings is 1. The SMILES string of the molecule is Cc1c(C(=O)NC(C)c2ccc(-n3cncn3)cc2)cnn1-c1ccc(=O)[nH]n1. The summed E-state index contributed by atoms with van der Waals surface area (Å²) in [7, 11) is 0. The van der Waals surface area contributed by atoms with E-state index < -0.39 is 0 Å². The van der Waals surface area contributed by atoms with E-state index in [1.807, 2.05) is 31.2 Å². The molecule has 0 fully saturated rings. The van der Waals surface area contributed by atoms with Crippen molar-refractivity contribution >= 4 is 5.91 Å². The Bertz CT molecular complexity index is 1170. The van der Waals surface area contributed by atoms with Gasteiger partial charge in [-0.25, -0.2) is 19.4 Å². The second-order valence-corrected chi connectivity index (χ2v) is 6.46. The third kappa shape index (κ3) is 3.68. The molecule has 2 N–H and O–H groups in total. The Morgan fingerprint density at radius 1 is 1.14 bits per heavy atom. The molecule has 0 spiro atoms. The third-order valence-electron chi connectivity index (χ3n) is 4.56. The van der Waals surface area contributed by atoms with Gasteiger partial charge >= 0.3 is 0 Å². The van der Waals surface area contributed by atoms with Crippen LogP contribution in [0, 0.1) is 6.92 Å². The van der Waals surface area contributed by atoms with Gasteiger partial charge in [-0.2, -0.15) is 15.3 Å². The minimum atomic E-state index is -0.305. The predicted octanol–water partition coefficient (Wildman–Crippen LogP) is 1.34. The molecular weight excluding hydrogens is 372 g/mol. The van der Waals surface area contributed by atoms with Gasteiger partial charge in [0.2, 0.25) is 0 Å². The Labute approximate surface area is 165 Å². The molecule has 0 bridgehead atoms. The van der Waals surface area contributed by atoms with Crippen molar-refractivity contribution in [2.24, 2.45) is 0 Å². The number of aromatic nitrogens is 7. The van der Waals surface area contributed by atoms with Crippen molar-refractivity contribution in [3.05, 3.63) is 82.4 Å². The maximum Gasteiger partial charge on any atom is 0.264 e. The lowest BCUT2D eigenvalue weighted by Crippen LogP contribution is -2.27. The zero-order chi connectivity index (χ0) is 20.4. The molecule has 3 aromatic heterocycles. The van der Waals surface area contributed by atoms with Crippen molar-refractivity contribution in [1.82, 2.24) is 40.1 Å². The van der Waals surface area contributed by atoms with Crippen LogP contribution in [0.2, 0.25) is 0 Å². The number of amides is 1. The first kappa shape index (κ1) is 18.3. The minimum absolute atomic E-state index is 0.207. The monoisotopic (exact) mass is 390 g/mol. The highest BCUT2D eigenvalue weighted by atomic mass is 16.1. The third-order valence-corrected chi connectivity index (χ3v) is 4.56. The number of rotatable bonds is 5. The summed E-state index contributed by atoms with van der Waals surface area (Å²) in [6.07, 6.45) is 4.58. The number of carbonyl (C=O) groups is 1. The molecule has 0 saturated heterocycles.